The lowest BCUT2D eigenvalue weighted by molar-refractivity contribution is 0.414. The van der Waals surface area contributed by atoms with E-state index in [2.05, 4.69) is 0 Å². The number of anilines is 1. The smallest absolute Gasteiger partial charge is 0.248 e. The minimum atomic E-state index is -0.196. The first-order valence-corrected chi connectivity index (χ1v) is 11.7. The lowest BCUT2D eigenvalue weighted by Crippen LogP contribution is -2.20. The minimum Gasteiger partial charge on any atom is -0.496 e. The van der Waals surface area contributed by atoms with Gasteiger partial charge in [0.15, 0.2) is 0 Å². The van der Waals surface area contributed by atoms with Crippen LogP contribution >= 0.6 is 11.6 Å². The predicted molar refractivity (Wildman–Crippen MR) is 138 cm³/mol. The van der Waals surface area contributed by atoms with Crippen LogP contribution in [0, 0.1) is 0 Å². The third kappa shape index (κ3) is 3.92. The molecule has 0 N–H and O–H groups in total. The van der Waals surface area contributed by atoms with Crippen LogP contribution < -0.4 is 9.75 Å². The summed E-state index contributed by atoms with van der Waals surface area (Å²) in [5.41, 5.74) is 4.38. The summed E-state index contributed by atoms with van der Waals surface area (Å²) in [6.45, 7) is 0. The molecule has 0 radical (unpaired) electrons. The van der Waals surface area contributed by atoms with Gasteiger partial charge in [0.2, 0.25) is 5.95 Å². The molecule has 3 aromatic carbocycles. The van der Waals surface area contributed by atoms with Crippen LogP contribution in [0.15, 0.2) is 101 Å². The number of hydrazone groups is 1. The van der Waals surface area contributed by atoms with Gasteiger partial charge in [-0.1, -0.05) is 54.1 Å². The zero-order chi connectivity index (χ0) is 23.8. The van der Waals surface area contributed by atoms with Gasteiger partial charge in [0.1, 0.15) is 17.6 Å². The Bertz CT molecular complexity index is 1530. The highest BCUT2D eigenvalue weighted by atomic mass is 35.5. The largest absolute Gasteiger partial charge is 0.496 e. The second-order valence-electron chi connectivity index (χ2n) is 8.23. The number of aromatic nitrogens is 2. The molecule has 35 heavy (non-hydrogen) atoms. The van der Waals surface area contributed by atoms with Crippen molar-refractivity contribution in [1.29, 1.82) is 0 Å². The van der Waals surface area contributed by atoms with E-state index in [-0.39, 0.29) is 6.04 Å². The molecule has 5 aromatic rings. The van der Waals surface area contributed by atoms with Gasteiger partial charge in [-0.2, -0.15) is 5.10 Å². The predicted octanol–water partition coefficient (Wildman–Crippen LogP) is 6.91. The lowest BCUT2D eigenvalue weighted by atomic mass is 10.0. The van der Waals surface area contributed by atoms with Crippen molar-refractivity contribution < 1.29 is 9.15 Å². The van der Waals surface area contributed by atoms with E-state index in [1.165, 1.54) is 0 Å². The molecule has 0 saturated heterocycles. The Morgan fingerprint density at radius 1 is 0.943 bits per heavy atom. The molecule has 0 bridgehead atoms. The second-order valence-corrected chi connectivity index (χ2v) is 8.66. The standard InChI is InChI=1S/C28H21ClN4O2/c1-34-25-11-6-5-10-20(25)23-17-24(26-12-7-15-35-26)33(32-23)28-30-22-14-13-19(29)16-21(22)27(31-28)18-8-3-2-4-9-18/h2-16,24H,17H2,1H3. The van der Waals surface area contributed by atoms with Crippen LogP contribution in [0.2, 0.25) is 5.02 Å². The molecule has 1 aliphatic heterocycles. The Balaban J connectivity index is 1.54. The van der Waals surface area contributed by atoms with Gasteiger partial charge in [0.05, 0.1) is 30.3 Å². The van der Waals surface area contributed by atoms with Crippen molar-refractivity contribution in [2.75, 3.05) is 12.1 Å². The van der Waals surface area contributed by atoms with Crippen molar-refractivity contribution in [1.82, 2.24) is 9.97 Å². The summed E-state index contributed by atoms with van der Waals surface area (Å²) in [4.78, 5) is 9.89. The number of benzene rings is 3. The summed E-state index contributed by atoms with van der Waals surface area (Å²) in [5.74, 6) is 2.05. The van der Waals surface area contributed by atoms with Crippen molar-refractivity contribution in [3.8, 4) is 17.0 Å². The van der Waals surface area contributed by atoms with Gasteiger partial charge in [0.25, 0.3) is 0 Å². The van der Waals surface area contributed by atoms with E-state index in [1.807, 2.05) is 89.9 Å². The zero-order valence-corrected chi connectivity index (χ0v) is 19.7. The number of ether oxygens (including phenoxy) is 1. The average Bonchev–Trinajstić information content (AvgIpc) is 3.59. The van der Waals surface area contributed by atoms with E-state index in [4.69, 9.17) is 35.8 Å². The lowest BCUT2D eigenvalue weighted by Gasteiger charge is -2.21. The molecular weight excluding hydrogens is 460 g/mol. The van der Waals surface area contributed by atoms with Crippen LogP contribution in [0.4, 0.5) is 5.95 Å². The Morgan fingerprint density at radius 2 is 1.77 bits per heavy atom. The highest BCUT2D eigenvalue weighted by Crippen LogP contribution is 2.39. The van der Waals surface area contributed by atoms with E-state index in [9.17, 15) is 0 Å². The number of furan rings is 1. The average molecular weight is 481 g/mol. The zero-order valence-electron chi connectivity index (χ0n) is 18.9. The maximum absolute atomic E-state index is 6.34. The van der Waals surface area contributed by atoms with E-state index >= 15 is 0 Å². The number of rotatable bonds is 5. The first-order chi connectivity index (χ1) is 17.2. The highest BCUT2D eigenvalue weighted by Gasteiger charge is 2.35. The molecule has 2 aromatic heterocycles. The molecule has 6 nitrogen and oxygen atoms in total. The van der Waals surface area contributed by atoms with Crippen LogP contribution in [0.5, 0.6) is 5.75 Å². The van der Waals surface area contributed by atoms with Crippen LogP contribution in [-0.4, -0.2) is 22.8 Å². The fraction of sp³-hybridized carbons (Fsp3) is 0.107. The molecule has 0 spiro atoms. The summed E-state index contributed by atoms with van der Waals surface area (Å²) in [6.07, 6.45) is 2.30. The molecule has 0 fully saturated rings. The summed E-state index contributed by atoms with van der Waals surface area (Å²) in [5, 5.41) is 8.36. The quantitative estimate of drug-likeness (QED) is 0.273. The SMILES string of the molecule is COc1ccccc1C1=NN(c2nc(-c3ccccc3)c3cc(Cl)ccc3n2)C(c2ccco2)C1. The Hall–Kier alpha value is -4.16. The van der Waals surface area contributed by atoms with Gasteiger partial charge in [-0.25, -0.2) is 15.0 Å². The molecule has 172 valence electrons. The van der Waals surface area contributed by atoms with Crippen LogP contribution in [0.3, 0.4) is 0 Å². The maximum Gasteiger partial charge on any atom is 0.248 e. The molecule has 1 aliphatic rings. The second kappa shape index (κ2) is 8.89. The first-order valence-electron chi connectivity index (χ1n) is 11.3. The van der Waals surface area contributed by atoms with Crippen molar-refractivity contribution in [2.45, 2.75) is 12.5 Å². The molecule has 0 amide bonds. The first kappa shape index (κ1) is 21.4. The molecule has 1 atom stereocenters. The number of hydrogen-bond donors (Lipinski definition) is 0. The summed E-state index contributed by atoms with van der Waals surface area (Å²) in [6, 6.07) is 27.2. The van der Waals surface area contributed by atoms with Gasteiger partial charge >= 0.3 is 0 Å². The van der Waals surface area contributed by atoms with Crippen molar-refractivity contribution >= 4 is 34.2 Å². The van der Waals surface area contributed by atoms with Crippen molar-refractivity contribution in [3.05, 3.63) is 108 Å². The molecule has 7 heteroatoms. The minimum absolute atomic E-state index is 0.196. The van der Waals surface area contributed by atoms with Crippen LogP contribution in [-0.2, 0) is 0 Å². The Morgan fingerprint density at radius 3 is 2.57 bits per heavy atom. The molecule has 0 aliphatic carbocycles. The van der Waals surface area contributed by atoms with Gasteiger partial charge < -0.3 is 9.15 Å². The number of para-hydroxylation sites is 1. The topological polar surface area (TPSA) is 63.8 Å². The van der Waals surface area contributed by atoms with Crippen molar-refractivity contribution in [3.63, 3.8) is 0 Å². The molecule has 3 heterocycles. The molecule has 6 rings (SSSR count). The third-order valence-electron chi connectivity index (χ3n) is 6.10. The number of nitrogens with zero attached hydrogens (tertiary/aromatic N) is 4. The fourth-order valence-corrected chi connectivity index (χ4v) is 4.62. The van der Waals surface area contributed by atoms with E-state index < -0.39 is 0 Å². The third-order valence-corrected chi connectivity index (χ3v) is 6.33. The van der Waals surface area contributed by atoms with Gasteiger partial charge in [0, 0.05) is 28.0 Å². The highest BCUT2D eigenvalue weighted by molar-refractivity contribution is 6.31. The summed E-state index contributed by atoms with van der Waals surface area (Å²) < 4.78 is 11.4. The Labute approximate surface area is 207 Å². The monoisotopic (exact) mass is 480 g/mol. The number of halogens is 1. The van der Waals surface area contributed by atoms with Crippen LogP contribution in [0.1, 0.15) is 23.8 Å². The maximum atomic E-state index is 6.34. The van der Waals surface area contributed by atoms with E-state index in [0.717, 1.165) is 44.9 Å². The molecular formula is C28H21ClN4O2. The summed E-state index contributed by atoms with van der Waals surface area (Å²) in [7, 11) is 1.67. The number of methoxy groups -OCH3 is 1. The van der Waals surface area contributed by atoms with Gasteiger partial charge in [-0.05, 0) is 42.5 Å². The van der Waals surface area contributed by atoms with Crippen molar-refractivity contribution in [2.24, 2.45) is 5.10 Å². The molecule has 0 saturated carbocycles. The van der Waals surface area contributed by atoms with E-state index in [1.54, 1.807) is 13.4 Å². The molecule has 1 unspecified atom stereocenters. The van der Waals surface area contributed by atoms with Gasteiger partial charge in [-0.3, -0.25) is 0 Å². The van der Waals surface area contributed by atoms with Gasteiger partial charge in [-0.15, -0.1) is 0 Å². The fourth-order valence-electron chi connectivity index (χ4n) is 4.45. The Kier molecular flexibility index (Phi) is 5.43. The normalized spacial score (nSPS) is 15.4. The number of fused-ring (bicyclic) bond motifs is 1. The van der Waals surface area contributed by atoms with Crippen LogP contribution in [0.25, 0.3) is 22.2 Å². The number of hydrogen-bond acceptors (Lipinski definition) is 6. The summed E-state index contributed by atoms with van der Waals surface area (Å²) >= 11 is 6.34. The van der Waals surface area contributed by atoms with E-state index in [0.29, 0.717) is 17.4 Å².